The molecular formula is C12H8ClF2NO3S2. The Labute approximate surface area is 127 Å². The van der Waals surface area contributed by atoms with Crippen LogP contribution in [0.25, 0.3) is 0 Å². The highest BCUT2D eigenvalue weighted by Crippen LogP contribution is 2.24. The van der Waals surface area contributed by atoms with Crippen LogP contribution in [0.1, 0.15) is 15.2 Å². The Hall–Kier alpha value is -1.51. The van der Waals surface area contributed by atoms with Crippen molar-refractivity contribution in [1.82, 2.24) is 5.32 Å². The van der Waals surface area contributed by atoms with E-state index in [4.69, 9.17) is 10.7 Å². The molecule has 0 radical (unpaired) electrons. The molecule has 1 aromatic heterocycles. The maximum atomic E-state index is 13.0. The van der Waals surface area contributed by atoms with Gasteiger partial charge in [0, 0.05) is 21.1 Å². The van der Waals surface area contributed by atoms with E-state index in [1.807, 2.05) is 0 Å². The number of hydrogen-bond acceptors (Lipinski definition) is 4. The van der Waals surface area contributed by atoms with E-state index in [0.717, 1.165) is 29.5 Å². The Morgan fingerprint density at radius 1 is 1.19 bits per heavy atom. The molecule has 112 valence electrons. The Bertz CT molecular complexity index is 790. The van der Waals surface area contributed by atoms with Crippen LogP contribution < -0.4 is 5.32 Å². The van der Waals surface area contributed by atoms with E-state index in [-0.39, 0.29) is 16.3 Å². The van der Waals surface area contributed by atoms with Crippen molar-refractivity contribution in [3.8, 4) is 0 Å². The summed E-state index contributed by atoms with van der Waals surface area (Å²) < 4.78 is 47.9. The molecule has 0 bridgehead atoms. The molecule has 0 saturated heterocycles. The number of amides is 1. The van der Waals surface area contributed by atoms with Crippen LogP contribution in [0.3, 0.4) is 0 Å². The fourth-order valence-electron chi connectivity index (χ4n) is 1.49. The molecule has 0 saturated carbocycles. The van der Waals surface area contributed by atoms with E-state index in [0.29, 0.717) is 4.88 Å². The molecule has 0 atom stereocenters. The third-order valence-corrected chi connectivity index (χ3v) is 5.66. The number of thiophene rings is 1. The van der Waals surface area contributed by atoms with E-state index < -0.39 is 26.6 Å². The number of rotatable bonds is 4. The normalized spacial score (nSPS) is 11.4. The van der Waals surface area contributed by atoms with Gasteiger partial charge >= 0.3 is 0 Å². The minimum atomic E-state index is -3.80. The van der Waals surface area contributed by atoms with Gasteiger partial charge in [-0.25, -0.2) is 17.2 Å². The van der Waals surface area contributed by atoms with Crippen LogP contribution >= 0.6 is 22.0 Å². The summed E-state index contributed by atoms with van der Waals surface area (Å²) in [6, 6.07) is 5.62. The molecule has 2 aromatic rings. The summed E-state index contributed by atoms with van der Waals surface area (Å²) in [7, 11) is 1.38. The zero-order chi connectivity index (χ0) is 15.6. The molecule has 1 N–H and O–H groups in total. The van der Waals surface area contributed by atoms with Crippen LogP contribution in [0.2, 0.25) is 0 Å². The molecule has 0 aliphatic carbocycles. The quantitative estimate of drug-likeness (QED) is 0.861. The molecule has 2 rings (SSSR count). The molecule has 0 fully saturated rings. The zero-order valence-corrected chi connectivity index (χ0v) is 12.7. The largest absolute Gasteiger partial charge is 0.347 e. The first-order valence-electron chi connectivity index (χ1n) is 5.54. The van der Waals surface area contributed by atoms with Crippen LogP contribution in [-0.2, 0) is 15.6 Å². The fraction of sp³-hybridized carbons (Fsp3) is 0.0833. The van der Waals surface area contributed by atoms with E-state index in [1.54, 1.807) is 0 Å². The lowest BCUT2D eigenvalue weighted by atomic mass is 10.2. The molecule has 0 aliphatic heterocycles. The van der Waals surface area contributed by atoms with Crippen LogP contribution in [-0.4, -0.2) is 14.3 Å². The van der Waals surface area contributed by atoms with Gasteiger partial charge in [-0.2, -0.15) is 0 Å². The minimum Gasteiger partial charge on any atom is -0.347 e. The monoisotopic (exact) mass is 351 g/mol. The predicted octanol–water partition coefficient (Wildman–Crippen LogP) is 2.88. The summed E-state index contributed by atoms with van der Waals surface area (Å²) in [5.41, 5.74) is -0.0318. The fourth-order valence-corrected chi connectivity index (χ4v) is 3.55. The second-order valence-corrected chi connectivity index (χ2v) is 7.93. The van der Waals surface area contributed by atoms with Crippen molar-refractivity contribution >= 4 is 37.0 Å². The van der Waals surface area contributed by atoms with Gasteiger partial charge in [0.15, 0.2) is 11.6 Å². The van der Waals surface area contributed by atoms with Gasteiger partial charge in [-0.3, -0.25) is 4.79 Å². The highest BCUT2D eigenvalue weighted by molar-refractivity contribution is 8.15. The van der Waals surface area contributed by atoms with Gasteiger partial charge in [0.05, 0.1) is 6.54 Å². The van der Waals surface area contributed by atoms with Crippen LogP contribution in [0.15, 0.2) is 34.5 Å². The van der Waals surface area contributed by atoms with E-state index in [2.05, 4.69) is 5.32 Å². The van der Waals surface area contributed by atoms with E-state index >= 15 is 0 Å². The SMILES string of the molecule is O=C(NCc1ccc(S(=O)(=O)Cl)s1)c1ccc(F)c(F)c1. The molecule has 1 heterocycles. The number of halogens is 3. The second-order valence-electron chi connectivity index (χ2n) is 3.97. The van der Waals surface area contributed by atoms with Gasteiger partial charge in [-0.1, -0.05) is 0 Å². The predicted molar refractivity (Wildman–Crippen MR) is 74.9 cm³/mol. The van der Waals surface area contributed by atoms with Crippen LogP contribution in [0.4, 0.5) is 8.78 Å². The summed E-state index contributed by atoms with van der Waals surface area (Å²) in [4.78, 5) is 12.3. The van der Waals surface area contributed by atoms with Gasteiger partial charge < -0.3 is 5.32 Å². The lowest BCUT2D eigenvalue weighted by molar-refractivity contribution is 0.0950. The standard InChI is InChI=1S/C12H8ClF2NO3S2/c13-21(18,19)11-4-2-8(20-11)6-16-12(17)7-1-3-9(14)10(15)5-7/h1-5H,6H2,(H,16,17). The minimum absolute atomic E-state index is 0.0266. The molecule has 1 aromatic carbocycles. The molecule has 9 heteroatoms. The molecule has 4 nitrogen and oxygen atoms in total. The number of nitrogens with one attached hydrogen (secondary N) is 1. The highest BCUT2D eigenvalue weighted by Gasteiger charge is 2.14. The first kappa shape index (κ1) is 15.9. The second kappa shape index (κ2) is 6.08. The summed E-state index contributed by atoms with van der Waals surface area (Å²) in [5.74, 6) is -2.76. The molecule has 1 amide bonds. The number of benzene rings is 1. The molecular weight excluding hydrogens is 344 g/mol. The lowest BCUT2D eigenvalue weighted by Gasteiger charge is -2.04. The number of hydrogen-bond donors (Lipinski definition) is 1. The Morgan fingerprint density at radius 3 is 2.48 bits per heavy atom. The first-order valence-corrected chi connectivity index (χ1v) is 8.66. The van der Waals surface area contributed by atoms with Gasteiger partial charge in [-0.15, -0.1) is 11.3 Å². The van der Waals surface area contributed by atoms with Crippen LogP contribution in [0, 0.1) is 11.6 Å². The zero-order valence-electron chi connectivity index (χ0n) is 10.3. The number of carbonyl (C=O) groups is 1. The van der Waals surface area contributed by atoms with Gasteiger partial charge in [-0.05, 0) is 30.3 Å². The van der Waals surface area contributed by atoms with E-state index in [9.17, 15) is 22.0 Å². The lowest BCUT2D eigenvalue weighted by Crippen LogP contribution is -2.22. The highest BCUT2D eigenvalue weighted by atomic mass is 35.7. The third-order valence-electron chi connectivity index (χ3n) is 2.48. The Morgan fingerprint density at radius 2 is 1.90 bits per heavy atom. The third kappa shape index (κ3) is 3.99. The van der Waals surface area contributed by atoms with Crippen molar-refractivity contribution in [3.05, 3.63) is 52.4 Å². The molecule has 0 spiro atoms. The molecule has 0 unspecified atom stereocenters. The van der Waals surface area contributed by atoms with Gasteiger partial charge in [0.2, 0.25) is 0 Å². The molecule has 21 heavy (non-hydrogen) atoms. The number of carbonyl (C=O) groups excluding carboxylic acids is 1. The van der Waals surface area contributed by atoms with Gasteiger partial charge in [0.25, 0.3) is 15.0 Å². The summed E-state index contributed by atoms with van der Waals surface area (Å²) in [6.07, 6.45) is 0. The van der Waals surface area contributed by atoms with Gasteiger partial charge in [0.1, 0.15) is 4.21 Å². The Balaban J connectivity index is 2.04. The smallest absolute Gasteiger partial charge is 0.270 e. The summed E-state index contributed by atoms with van der Waals surface area (Å²) >= 11 is 0.914. The maximum Gasteiger partial charge on any atom is 0.270 e. The van der Waals surface area contributed by atoms with Crippen molar-refractivity contribution < 1.29 is 22.0 Å². The average molecular weight is 352 g/mol. The van der Waals surface area contributed by atoms with Crippen molar-refractivity contribution in [2.75, 3.05) is 0 Å². The summed E-state index contributed by atoms with van der Waals surface area (Å²) in [6.45, 7) is 0.0505. The Kier molecular flexibility index (Phi) is 4.60. The van der Waals surface area contributed by atoms with Crippen molar-refractivity contribution in [2.24, 2.45) is 0 Å². The van der Waals surface area contributed by atoms with Crippen molar-refractivity contribution in [2.45, 2.75) is 10.8 Å². The molecule has 0 aliphatic rings. The van der Waals surface area contributed by atoms with Crippen LogP contribution in [0.5, 0.6) is 0 Å². The maximum absolute atomic E-state index is 13.0. The van der Waals surface area contributed by atoms with E-state index in [1.165, 1.54) is 12.1 Å². The average Bonchev–Trinajstić information content (AvgIpc) is 2.88. The summed E-state index contributed by atoms with van der Waals surface area (Å²) in [5, 5.41) is 2.47. The van der Waals surface area contributed by atoms with Crippen molar-refractivity contribution in [3.63, 3.8) is 0 Å². The first-order chi connectivity index (χ1) is 9.77. The topological polar surface area (TPSA) is 63.2 Å². The van der Waals surface area contributed by atoms with Crippen molar-refractivity contribution in [1.29, 1.82) is 0 Å².